The van der Waals surface area contributed by atoms with Crippen molar-refractivity contribution in [2.75, 3.05) is 13.1 Å². The molecule has 0 unspecified atom stereocenters. The Morgan fingerprint density at radius 1 is 1.30 bits per heavy atom. The summed E-state index contributed by atoms with van der Waals surface area (Å²) in [4.78, 5) is 22.8. The topological polar surface area (TPSA) is 98.7 Å². The Morgan fingerprint density at radius 3 is 2.50 bits per heavy atom. The van der Waals surface area contributed by atoms with E-state index in [-0.39, 0.29) is 11.8 Å². The molecule has 106 valence electrons. The Labute approximate surface area is 130 Å². The number of carbonyl (C=O) groups is 2. The van der Waals surface area contributed by atoms with E-state index in [4.69, 9.17) is 10.0 Å². The van der Waals surface area contributed by atoms with Gasteiger partial charge in [0.1, 0.15) is 0 Å². The Hall–Kier alpha value is -1.39. The van der Waals surface area contributed by atoms with Gasteiger partial charge in [0.25, 0.3) is 5.91 Å². The van der Waals surface area contributed by atoms with Crippen LogP contribution in [0.5, 0.6) is 0 Å². The molecule has 0 bridgehead atoms. The van der Waals surface area contributed by atoms with Crippen molar-refractivity contribution >= 4 is 47.0 Å². The van der Waals surface area contributed by atoms with Crippen LogP contribution in [-0.2, 0) is 4.79 Å². The van der Waals surface area contributed by atoms with Crippen molar-refractivity contribution in [3.63, 3.8) is 0 Å². The highest BCUT2D eigenvalue weighted by Crippen LogP contribution is 2.10. The van der Waals surface area contributed by atoms with Crippen LogP contribution >= 0.6 is 22.6 Å². The lowest BCUT2D eigenvalue weighted by atomic mass is 9.80. The molecule has 4 N–H and O–H groups in total. The van der Waals surface area contributed by atoms with Crippen molar-refractivity contribution < 1.29 is 19.6 Å². The zero-order chi connectivity index (χ0) is 15.1. The van der Waals surface area contributed by atoms with E-state index in [1.807, 2.05) is 22.6 Å². The monoisotopic (exact) mass is 388 g/mol. The van der Waals surface area contributed by atoms with E-state index in [2.05, 4.69) is 17.2 Å². The van der Waals surface area contributed by atoms with Crippen LogP contribution in [0, 0.1) is 3.57 Å². The van der Waals surface area contributed by atoms with Crippen LogP contribution in [0.25, 0.3) is 0 Å². The predicted octanol–water partition coefficient (Wildman–Crippen LogP) is -0.997. The Bertz CT molecular complexity index is 522. The lowest BCUT2D eigenvalue weighted by Crippen LogP contribution is -2.35. The lowest BCUT2D eigenvalue weighted by Gasteiger charge is -2.08. The van der Waals surface area contributed by atoms with Gasteiger partial charge in [0.15, 0.2) is 0 Å². The van der Waals surface area contributed by atoms with Crippen LogP contribution in [0.3, 0.4) is 0 Å². The van der Waals surface area contributed by atoms with Gasteiger partial charge in [0, 0.05) is 16.7 Å². The standard InChI is InChI=1S/C12H14BIN2O4/c1-2-11(17)15-5-6-16-12(18)9-4-3-8(13(19)20)7-10(9)14/h2-4,7,19-20H,1,5-6H2,(H,15,17)(H,16,18). The summed E-state index contributed by atoms with van der Waals surface area (Å²) in [6.07, 6.45) is 1.16. The normalized spacial score (nSPS) is 9.75. The molecule has 0 atom stereocenters. The summed E-state index contributed by atoms with van der Waals surface area (Å²) in [5.74, 6) is -0.587. The van der Waals surface area contributed by atoms with Gasteiger partial charge in [0.2, 0.25) is 5.91 Å². The summed E-state index contributed by atoms with van der Waals surface area (Å²) in [6.45, 7) is 3.91. The summed E-state index contributed by atoms with van der Waals surface area (Å²) in [5.41, 5.74) is 0.759. The molecule has 0 aromatic heterocycles. The van der Waals surface area contributed by atoms with Gasteiger partial charge in [-0.15, -0.1) is 0 Å². The number of rotatable bonds is 6. The summed E-state index contributed by atoms with van der Waals surface area (Å²) in [6, 6.07) is 4.52. The van der Waals surface area contributed by atoms with E-state index in [0.717, 1.165) is 6.08 Å². The Balaban J connectivity index is 2.55. The van der Waals surface area contributed by atoms with Crippen molar-refractivity contribution in [1.82, 2.24) is 10.6 Å². The first kappa shape index (κ1) is 16.7. The zero-order valence-corrected chi connectivity index (χ0v) is 12.8. The van der Waals surface area contributed by atoms with Crippen LogP contribution < -0.4 is 16.1 Å². The highest BCUT2D eigenvalue weighted by atomic mass is 127. The molecule has 6 nitrogen and oxygen atoms in total. The number of benzene rings is 1. The van der Waals surface area contributed by atoms with Crippen LogP contribution in [-0.4, -0.2) is 42.1 Å². The third-order valence-electron chi connectivity index (χ3n) is 2.43. The maximum atomic E-state index is 11.9. The molecule has 0 aliphatic carbocycles. The summed E-state index contributed by atoms with van der Waals surface area (Å²) >= 11 is 1.95. The SMILES string of the molecule is C=CC(=O)NCCNC(=O)c1ccc(B(O)O)cc1I. The molecule has 0 aliphatic heterocycles. The predicted molar refractivity (Wildman–Crippen MR) is 84.5 cm³/mol. The summed E-state index contributed by atoms with van der Waals surface area (Å²) < 4.78 is 0.612. The van der Waals surface area contributed by atoms with E-state index in [1.165, 1.54) is 18.2 Å². The second kappa shape index (κ2) is 8.03. The molecule has 0 radical (unpaired) electrons. The molecule has 0 fully saturated rings. The first-order chi connectivity index (χ1) is 9.45. The van der Waals surface area contributed by atoms with Crippen LogP contribution in [0.1, 0.15) is 10.4 Å². The smallest absolute Gasteiger partial charge is 0.423 e. The quantitative estimate of drug-likeness (QED) is 0.218. The minimum atomic E-state index is -1.56. The van der Waals surface area contributed by atoms with Crippen molar-refractivity contribution in [1.29, 1.82) is 0 Å². The number of hydrogen-bond donors (Lipinski definition) is 4. The average Bonchev–Trinajstić information content (AvgIpc) is 2.42. The lowest BCUT2D eigenvalue weighted by molar-refractivity contribution is -0.116. The van der Waals surface area contributed by atoms with E-state index in [1.54, 1.807) is 0 Å². The van der Waals surface area contributed by atoms with Crippen LogP contribution in [0.2, 0.25) is 0 Å². The van der Waals surface area contributed by atoms with Gasteiger partial charge in [-0.25, -0.2) is 0 Å². The largest absolute Gasteiger partial charge is 0.488 e. The first-order valence-electron chi connectivity index (χ1n) is 5.79. The molecule has 1 aromatic carbocycles. The van der Waals surface area contributed by atoms with E-state index in [9.17, 15) is 9.59 Å². The van der Waals surface area contributed by atoms with Gasteiger partial charge in [-0.2, -0.15) is 0 Å². The minimum absolute atomic E-state index is 0.291. The van der Waals surface area contributed by atoms with Gasteiger partial charge < -0.3 is 20.7 Å². The first-order valence-corrected chi connectivity index (χ1v) is 6.87. The fourth-order valence-electron chi connectivity index (χ4n) is 1.41. The molecule has 0 aliphatic rings. The van der Waals surface area contributed by atoms with Crippen LogP contribution in [0.15, 0.2) is 30.9 Å². The second-order valence-corrected chi connectivity index (χ2v) is 5.03. The number of carbonyl (C=O) groups excluding carboxylic acids is 2. The zero-order valence-electron chi connectivity index (χ0n) is 10.6. The van der Waals surface area contributed by atoms with Crippen LogP contribution in [0.4, 0.5) is 0 Å². The number of hydrogen-bond acceptors (Lipinski definition) is 4. The van der Waals surface area contributed by atoms with Crippen molar-refractivity contribution in [2.24, 2.45) is 0 Å². The molecule has 0 spiro atoms. The van der Waals surface area contributed by atoms with Gasteiger partial charge in [-0.1, -0.05) is 12.6 Å². The van der Waals surface area contributed by atoms with Gasteiger partial charge >= 0.3 is 7.12 Å². The van der Waals surface area contributed by atoms with E-state index < -0.39 is 7.12 Å². The fraction of sp³-hybridized carbons (Fsp3) is 0.167. The van der Waals surface area contributed by atoms with E-state index in [0.29, 0.717) is 27.7 Å². The molecule has 8 heteroatoms. The van der Waals surface area contributed by atoms with Gasteiger partial charge in [-0.3, -0.25) is 9.59 Å². The highest BCUT2D eigenvalue weighted by Gasteiger charge is 2.15. The van der Waals surface area contributed by atoms with E-state index >= 15 is 0 Å². The molecular formula is C12H14BIN2O4. The van der Waals surface area contributed by atoms with Gasteiger partial charge in [-0.05, 0) is 46.3 Å². The molecule has 2 amide bonds. The molecule has 1 rings (SSSR count). The Morgan fingerprint density at radius 2 is 1.95 bits per heavy atom. The molecule has 0 saturated heterocycles. The van der Waals surface area contributed by atoms with Gasteiger partial charge in [0.05, 0.1) is 5.56 Å². The summed E-state index contributed by atoms with van der Waals surface area (Å²) in [5, 5.41) is 23.2. The maximum Gasteiger partial charge on any atom is 0.488 e. The third-order valence-corrected chi connectivity index (χ3v) is 3.32. The van der Waals surface area contributed by atoms with Crippen molar-refractivity contribution in [2.45, 2.75) is 0 Å². The average molecular weight is 388 g/mol. The third kappa shape index (κ3) is 4.95. The number of halogens is 1. The molecule has 20 heavy (non-hydrogen) atoms. The minimum Gasteiger partial charge on any atom is -0.423 e. The second-order valence-electron chi connectivity index (χ2n) is 3.86. The fourth-order valence-corrected chi connectivity index (χ4v) is 2.19. The molecular weight excluding hydrogens is 374 g/mol. The summed E-state index contributed by atoms with van der Waals surface area (Å²) in [7, 11) is -1.56. The molecule has 0 saturated carbocycles. The van der Waals surface area contributed by atoms with Crippen molar-refractivity contribution in [3.05, 3.63) is 40.0 Å². The number of nitrogens with one attached hydrogen (secondary N) is 2. The Kier molecular flexibility index (Phi) is 6.69. The van der Waals surface area contributed by atoms with Crippen molar-refractivity contribution in [3.8, 4) is 0 Å². The maximum absolute atomic E-state index is 11.9. The molecule has 0 heterocycles. The molecule has 1 aromatic rings. The number of amides is 2. The highest BCUT2D eigenvalue weighted by molar-refractivity contribution is 14.1.